The van der Waals surface area contributed by atoms with Crippen molar-refractivity contribution in [3.63, 3.8) is 0 Å². The zero-order valence-corrected chi connectivity index (χ0v) is 11.1. The largest absolute Gasteiger partial charge is 0.379 e. The Hall–Kier alpha value is -1.27. The van der Waals surface area contributed by atoms with Gasteiger partial charge in [-0.3, -0.25) is 19.8 Å². The number of hydrogen-bond acceptors (Lipinski definition) is 5. The number of hydrogen-bond donors (Lipinski definition) is 1. The molecule has 0 bridgehead atoms. The summed E-state index contributed by atoms with van der Waals surface area (Å²) in [5, 5.41) is 1.63. The van der Waals surface area contributed by atoms with Gasteiger partial charge in [0.05, 0.1) is 19.6 Å². The molecular weight excluding hydrogens is 236 g/mol. The van der Waals surface area contributed by atoms with Crippen molar-refractivity contribution in [2.75, 3.05) is 26.3 Å². The van der Waals surface area contributed by atoms with Crippen LogP contribution in [-0.2, 0) is 19.1 Å². The highest BCUT2D eigenvalue weighted by Gasteiger charge is 2.27. The third kappa shape index (κ3) is 4.54. The molecule has 1 heterocycles. The van der Waals surface area contributed by atoms with Crippen molar-refractivity contribution in [2.24, 2.45) is 5.41 Å². The van der Waals surface area contributed by atoms with E-state index < -0.39 is 17.1 Å². The van der Waals surface area contributed by atoms with Gasteiger partial charge in [-0.15, -0.1) is 0 Å². The van der Waals surface area contributed by atoms with Crippen molar-refractivity contribution in [3.05, 3.63) is 0 Å². The molecule has 0 saturated carbocycles. The van der Waals surface area contributed by atoms with E-state index in [9.17, 15) is 14.4 Å². The van der Waals surface area contributed by atoms with Gasteiger partial charge >= 0.3 is 5.91 Å². The highest BCUT2D eigenvalue weighted by Crippen LogP contribution is 2.16. The molecule has 0 atom stereocenters. The zero-order chi connectivity index (χ0) is 13.8. The third-order valence-corrected chi connectivity index (χ3v) is 2.68. The van der Waals surface area contributed by atoms with Crippen molar-refractivity contribution >= 4 is 17.5 Å². The van der Waals surface area contributed by atoms with E-state index in [0.29, 0.717) is 26.3 Å². The first-order valence-electron chi connectivity index (χ1n) is 6.00. The van der Waals surface area contributed by atoms with Gasteiger partial charge in [-0.25, -0.2) is 5.01 Å². The normalized spacial score (nSPS) is 17.3. The third-order valence-electron chi connectivity index (χ3n) is 2.68. The molecular formula is C12H20N2O4. The first-order valence-corrected chi connectivity index (χ1v) is 6.00. The van der Waals surface area contributed by atoms with Crippen LogP contribution >= 0.6 is 0 Å². The van der Waals surface area contributed by atoms with Crippen LogP contribution in [-0.4, -0.2) is 48.8 Å². The van der Waals surface area contributed by atoms with Crippen LogP contribution < -0.4 is 5.43 Å². The molecule has 0 unspecified atom stereocenters. The molecule has 18 heavy (non-hydrogen) atoms. The van der Waals surface area contributed by atoms with Crippen LogP contribution in [0.4, 0.5) is 0 Å². The standard InChI is InChI=1S/C12H20N2O4/c1-12(2,3)10(16)8-9(15)11(17)13-14-4-6-18-7-5-14/h4-8H2,1-3H3,(H,13,17). The average Bonchev–Trinajstić information content (AvgIpc) is 2.28. The molecule has 6 heteroatoms. The second kappa shape index (κ2) is 6.06. The smallest absolute Gasteiger partial charge is 0.302 e. The Morgan fingerprint density at radius 2 is 1.72 bits per heavy atom. The fourth-order valence-corrected chi connectivity index (χ4v) is 1.37. The van der Waals surface area contributed by atoms with E-state index in [-0.39, 0.29) is 12.2 Å². The van der Waals surface area contributed by atoms with Gasteiger partial charge in [0, 0.05) is 18.5 Å². The maximum absolute atomic E-state index is 11.6. The quantitative estimate of drug-likeness (QED) is 0.562. The number of carbonyl (C=O) groups excluding carboxylic acids is 3. The number of morpholine rings is 1. The lowest BCUT2D eigenvalue weighted by Gasteiger charge is -2.26. The number of hydrazine groups is 1. The summed E-state index contributed by atoms with van der Waals surface area (Å²) in [6, 6.07) is 0. The highest BCUT2D eigenvalue weighted by atomic mass is 16.5. The van der Waals surface area contributed by atoms with Gasteiger partial charge < -0.3 is 4.74 Å². The van der Waals surface area contributed by atoms with Gasteiger partial charge in [-0.05, 0) is 0 Å². The Bertz CT molecular complexity index is 340. The van der Waals surface area contributed by atoms with Crippen LogP contribution in [0.1, 0.15) is 27.2 Å². The monoisotopic (exact) mass is 256 g/mol. The predicted octanol–water partition coefficient (Wildman–Crippen LogP) is -0.0758. The number of amides is 1. The van der Waals surface area contributed by atoms with Crippen LogP contribution in [0.3, 0.4) is 0 Å². The van der Waals surface area contributed by atoms with Crippen LogP contribution in [0.2, 0.25) is 0 Å². The number of carbonyl (C=O) groups is 3. The summed E-state index contributed by atoms with van der Waals surface area (Å²) in [4.78, 5) is 34.8. The Labute approximate surface area is 107 Å². The number of Topliss-reactive ketones (excluding diaryl/α,β-unsaturated/α-hetero) is 2. The zero-order valence-electron chi connectivity index (χ0n) is 11.1. The van der Waals surface area contributed by atoms with Gasteiger partial charge in [-0.1, -0.05) is 20.8 Å². The van der Waals surface area contributed by atoms with Crippen LogP contribution in [0.5, 0.6) is 0 Å². The second-order valence-corrected chi connectivity index (χ2v) is 5.31. The summed E-state index contributed by atoms with van der Waals surface area (Å²) in [7, 11) is 0. The Balaban J connectivity index is 2.41. The predicted molar refractivity (Wildman–Crippen MR) is 64.6 cm³/mol. The Morgan fingerprint density at radius 3 is 2.22 bits per heavy atom. The van der Waals surface area contributed by atoms with Gasteiger partial charge in [0.25, 0.3) is 0 Å². The molecule has 102 valence electrons. The average molecular weight is 256 g/mol. The highest BCUT2D eigenvalue weighted by molar-refractivity contribution is 6.39. The summed E-state index contributed by atoms with van der Waals surface area (Å²) in [6.07, 6.45) is -0.348. The molecule has 0 aromatic rings. The van der Waals surface area contributed by atoms with E-state index >= 15 is 0 Å². The Morgan fingerprint density at radius 1 is 1.17 bits per heavy atom. The van der Waals surface area contributed by atoms with Crippen molar-refractivity contribution in [3.8, 4) is 0 Å². The van der Waals surface area contributed by atoms with E-state index in [4.69, 9.17) is 4.74 Å². The molecule has 6 nitrogen and oxygen atoms in total. The molecule has 0 aromatic heterocycles. The van der Waals surface area contributed by atoms with Crippen molar-refractivity contribution in [1.82, 2.24) is 10.4 Å². The number of ketones is 2. The van der Waals surface area contributed by atoms with Crippen molar-refractivity contribution in [1.29, 1.82) is 0 Å². The minimum absolute atomic E-state index is 0.232. The van der Waals surface area contributed by atoms with E-state index in [1.165, 1.54) is 0 Å². The van der Waals surface area contributed by atoms with Gasteiger partial charge in [-0.2, -0.15) is 0 Å². The van der Waals surface area contributed by atoms with Crippen LogP contribution in [0.25, 0.3) is 0 Å². The molecule has 0 aliphatic carbocycles. The Kier molecular flexibility index (Phi) is 4.98. The first-order chi connectivity index (χ1) is 8.30. The molecule has 1 amide bonds. The maximum atomic E-state index is 11.6. The van der Waals surface area contributed by atoms with Gasteiger partial charge in [0.2, 0.25) is 5.78 Å². The lowest BCUT2D eigenvalue weighted by molar-refractivity contribution is -0.144. The summed E-state index contributed by atoms with van der Waals surface area (Å²) < 4.78 is 5.12. The minimum atomic E-state index is -0.727. The summed E-state index contributed by atoms with van der Waals surface area (Å²) in [5.41, 5.74) is 1.89. The fraction of sp³-hybridized carbons (Fsp3) is 0.750. The van der Waals surface area contributed by atoms with E-state index in [1.807, 2.05) is 0 Å². The molecule has 1 aliphatic rings. The summed E-state index contributed by atoms with van der Waals surface area (Å²) >= 11 is 0. The number of ether oxygens (including phenoxy) is 1. The molecule has 0 spiro atoms. The molecule has 0 aromatic carbocycles. The minimum Gasteiger partial charge on any atom is -0.379 e. The summed E-state index contributed by atoms with van der Waals surface area (Å²) in [6.45, 7) is 7.32. The summed E-state index contributed by atoms with van der Waals surface area (Å²) in [5.74, 6) is -1.65. The fourth-order valence-electron chi connectivity index (χ4n) is 1.37. The van der Waals surface area contributed by atoms with E-state index in [2.05, 4.69) is 5.43 Å². The van der Waals surface area contributed by atoms with E-state index in [1.54, 1.807) is 25.8 Å². The lowest BCUT2D eigenvalue weighted by atomic mass is 9.88. The number of nitrogens with one attached hydrogen (secondary N) is 1. The maximum Gasteiger partial charge on any atom is 0.302 e. The molecule has 1 fully saturated rings. The van der Waals surface area contributed by atoms with E-state index in [0.717, 1.165) is 0 Å². The number of nitrogens with zero attached hydrogens (tertiary/aromatic N) is 1. The topological polar surface area (TPSA) is 75.7 Å². The second-order valence-electron chi connectivity index (χ2n) is 5.31. The van der Waals surface area contributed by atoms with Crippen LogP contribution in [0, 0.1) is 5.41 Å². The molecule has 1 N–H and O–H groups in total. The molecule has 0 radical (unpaired) electrons. The SMILES string of the molecule is CC(C)(C)C(=O)CC(=O)C(=O)NN1CCOCC1. The first kappa shape index (κ1) is 14.8. The number of rotatable bonds is 4. The lowest BCUT2D eigenvalue weighted by Crippen LogP contribution is -2.50. The van der Waals surface area contributed by atoms with Gasteiger partial charge in [0.1, 0.15) is 5.78 Å². The molecule has 1 saturated heterocycles. The molecule has 1 aliphatic heterocycles. The van der Waals surface area contributed by atoms with Gasteiger partial charge in [0.15, 0.2) is 0 Å². The van der Waals surface area contributed by atoms with Crippen LogP contribution in [0.15, 0.2) is 0 Å². The van der Waals surface area contributed by atoms with Crippen molar-refractivity contribution in [2.45, 2.75) is 27.2 Å². The molecule has 1 rings (SSSR count). The van der Waals surface area contributed by atoms with Crippen molar-refractivity contribution < 1.29 is 19.1 Å².